The molecule has 1 amide bonds. The van der Waals surface area contributed by atoms with Gasteiger partial charge >= 0.3 is 0 Å². The summed E-state index contributed by atoms with van der Waals surface area (Å²) >= 11 is 1.60. The maximum Gasteiger partial charge on any atom is 0.251 e. The Kier molecular flexibility index (Phi) is 4.14. The third-order valence-corrected chi connectivity index (χ3v) is 5.96. The molecule has 0 radical (unpaired) electrons. The molecule has 0 bridgehead atoms. The SMILES string of the molecule is O=C(NCC1CCCO1)c1ccc2c(c1)sc1nc(-c3ccccc3)cn12. The van der Waals surface area contributed by atoms with Crippen LogP contribution in [-0.2, 0) is 4.74 Å². The molecule has 1 unspecified atom stereocenters. The lowest BCUT2D eigenvalue weighted by atomic mass is 10.2. The smallest absolute Gasteiger partial charge is 0.251 e. The standard InChI is InChI=1S/C21H19N3O2S/c25-20(22-12-16-7-4-10-26-16)15-8-9-18-19(11-15)27-21-23-17(13-24(18)21)14-5-2-1-3-6-14/h1-3,5-6,8-9,11,13,16H,4,7,10,12H2,(H,22,25). The number of aromatic nitrogens is 2. The zero-order valence-corrected chi connectivity index (χ0v) is 15.5. The van der Waals surface area contributed by atoms with Crippen molar-refractivity contribution in [3.8, 4) is 11.3 Å². The van der Waals surface area contributed by atoms with Crippen LogP contribution >= 0.6 is 11.3 Å². The Morgan fingerprint density at radius 1 is 1.26 bits per heavy atom. The number of ether oxygens (including phenoxy) is 1. The maximum atomic E-state index is 12.5. The first-order valence-electron chi connectivity index (χ1n) is 9.15. The second kappa shape index (κ2) is 6.79. The molecule has 6 heteroatoms. The van der Waals surface area contributed by atoms with E-state index in [1.807, 2.05) is 36.4 Å². The number of imidazole rings is 1. The average molecular weight is 377 g/mol. The van der Waals surface area contributed by atoms with Crippen LogP contribution in [0.2, 0.25) is 0 Å². The van der Waals surface area contributed by atoms with Gasteiger partial charge in [-0.15, -0.1) is 0 Å². The Morgan fingerprint density at radius 3 is 2.96 bits per heavy atom. The topological polar surface area (TPSA) is 55.6 Å². The molecule has 1 fully saturated rings. The molecule has 27 heavy (non-hydrogen) atoms. The van der Waals surface area contributed by atoms with Gasteiger partial charge in [0.15, 0.2) is 4.96 Å². The molecule has 5 rings (SSSR count). The fourth-order valence-electron chi connectivity index (χ4n) is 3.50. The van der Waals surface area contributed by atoms with Crippen LogP contribution in [0.15, 0.2) is 54.7 Å². The number of benzene rings is 2. The van der Waals surface area contributed by atoms with Crippen LogP contribution in [0.3, 0.4) is 0 Å². The van der Waals surface area contributed by atoms with Crippen molar-refractivity contribution in [1.82, 2.24) is 14.7 Å². The molecule has 1 saturated heterocycles. The molecule has 1 aliphatic heterocycles. The monoisotopic (exact) mass is 377 g/mol. The average Bonchev–Trinajstić information content (AvgIpc) is 3.42. The number of amides is 1. The highest BCUT2D eigenvalue weighted by Crippen LogP contribution is 2.30. The van der Waals surface area contributed by atoms with Gasteiger partial charge in [-0.3, -0.25) is 9.20 Å². The second-order valence-electron chi connectivity index (χ2n) is 6.77. The molecule has 1 aliphatic rings. The van der Waals surface area contributed by atoms with E-state index in [0.29, 0.717) is 12.1 Å². The van der Waals surface area contributed by atoms with Crippen molar-refractivity contribution < 1.29 is 9.53 Å². The molecule has 2 aromatic carbocycles. The van der Waals surface area contributed by atoms with E-state index in [1.54, 1.807) is 11.3 Å². The minimum atomic E-state index is -0.0524. The zero-order chi connectivity index (χ0) is 18.2. The lowest BCUT2D eigenvalue weighted by Gasteiger charge is -2.10. The van der Waals surface area contributed by atoms with Gasteiger partial charge < -0.3 is 10.1 Å². The first-order chi connectivity index (χ1) is 13.3. The van der Waals surface area contributed by atoms with Gasteiger partial charge in [0.25, 0.3) is 5.91 Å². The molecule has 0 spiro atoms. The minimum absolute atomic E-state index is 0.0524. The quantitative estimate of drug-likeness (QED) is 0.582. The first kappa shape index (κ1) is 16.5. The number of nitrogens with one attached hydrogen (secondary N) is 1. The zero-order valence-electron chi connectivity index (χ0n) is 14.7. The summed E-state index contributed by atoms with van der Waals surface area (Å²) in [5.74, 6) is -0.0524. The molecule has 3 heterocycles. The van der Waals surface area contributed by atoms with Gasteiger partial charge in [0.1, 0.15) is 0 Å². The third kappa shape index (κ3) is 3.11. The van der Waals surface area contributed by atoms with Gasteiger partial charge in [-0.2, -0.15) is 0 Å². The number of carbonyl (C=O) groups excluding carboxylic acids is 1. The first-order valence-corrected chi connectivity index (χ1v) is 9.96. The molecule has 4 aromatic rings. The van der Waals surface area contributed by atoms with Crippen molar-refractivity contribution in [3.63, 3.8) is 0 Å². The molecular weight excluding hydrogens is 358 g/mol. The molecule has 1 N–H and O–H groups in total. The Morgan fingerprint density at radius 2 is 2.15 bits per heavy atom. The van der Waals surface area contributed by atoms with Crippen LogP contribution in [0.5, 0.6) is 0 Å². The van der Waals surface area contributed by atoms with Gasteiger partial charge in [-0.05, 0) is 31.0 Å². The van der Waals surface area contributed by atoms with E-state index in [0.717, 1.165) is 45.9 Å². The summed E-state index contributed by atoms with van der Waals surface area (Å²) in [6.45, 7) is 1.37. The van der Waals surface area contributed by atoms with Crippen LogP contribution in [0.1, 0.15) is 23.2 Å². The van der Waals surface area contributed by atoms with Crippen molar-refractivity contribution in [1.29, 1.82) is 0 Å². The van der Waals surface area contributed by atoms with Crippen LogP contribution in [0.4, 0.5) is 0 Å². The number of fused-ring (bicyclic) bond motifs is 3. The Bertz CT molecular complexity index is 1110. The minimum Gasteiger partial charge on any atom is -0.376 e. The van der Waals surface area contributed by atoms with E-state index in [-0.39, 0.29) is 12.0 Å². The number of nitrogens with zero attached hydrogens (tertiary/aromatic N) is 2. The Hall–Kier alpha value is -2.70. The van der Waals surface area contributed by atoms with Crippen LogP contribution in [0.25, 0.3) is 26.4 Å². The largest absolute Gasteiger partial charge is 0.376 e. The van der Waals surface area contributed by atoms with Crippen LogP contribution in [-0.4, -0.2) is 34.5 Å². The van der Waals surface area contributed by atoms with E-state index in [4.69, 9.17) is 9.72 Å². The lowest BCUT2D eigenvalue weighted by Crippen LogP contribution is -2.31. The molecule has 2 aromatic heterocycles. The molecule has 0 aliphatic carbocycles. The molecule has 5 nitrogen and oxygen atoms in total. The van der Waals surface area contributed by atoms with Gasteiger partial charge in [0.05, 0.1) is 22.0 Å². The summed E-state index contributed by atoms with van der Waals surface area (Å²) in [6, 6.07) is 16.0. The predicted molar refractivity (Wildman–Crippen MR) is 107 cm³/mol. The Labute approximate surface area is 160 Å². The van der Waals surface area contributed by atoms with Crippen molar-refractivity contribution in [3.05, 3.63) is 60.3 Å². The third-order valence-electron chi connectivity index (χ3n) is 4.94. The highest BCUT2D eigenvalue weighted by Gasteiger charge is 2.17. The fourth-order valence-corrected chi connectivity index (χ4v) is 4.55. The van der Waals surface area contributed by atoms with Crippen molar-refractivity contribution in [2.45, 2.75) is 18.9 Å². The van der Waals surface area contributed by atoms with Crippen molar-refractivity contribution in [2.75, 3.05) is 13.2 Å². The Balaban J connectivity index is 1.41. The fraction of sp³-hybridized carbons (Fsp3) is 0.238. The van der Waals surface area contributed by atoms with Crippen molar-refractivity contribution >= 4 is 32.4 Å². The van der Waals surface area contributed by atoms with Crippen molar-refractivity contribution in [2.24, 2.45) is 0 Å². The van der Waals surface area contributed by atoms with E-state index in [1.165, 1.54) is 0 Å². The predicted octanol–water partition coefficient (Wildman–Crippen LogP) is 4.12. The van der Waals surface area contributed by atoms with Crippen LogP contribution in [0, 0.1) is 0 Å². The lowest BCUT2D eigenvalue weighted by molar-refractivity contribution is 0.0858. The normalized spacial score (nSPS) is 17.0. The molecular formula is C21H19N3O2S. The maximum absolute atomic E-state index is 12.5. The number of hydrogen-bond acceptors (Lipinski definition) is 4. The molecule has 1 atom stereocenters. The molecule has 0 saturated carbocycles. The number of carbonyl (C=O) groups is 1. The van der Waals surface area contributed by atoms with Gasteiger partial charge in [0, 0.05) is 30.5 Å². The summed E-state index contributed by atoms with van der Waals surface area (Å²) in [7, 11) is 0. The summed E-state index contributed by atoms with van der Waals surface area (Å²) in [5.41, 5.74) is 3.81. The van der Waals surface area contributed by atoms with Gasteiger partial charge in [-0.25, -0.2) is 4.98 Å². The second-order valence-corrected chi connectivity index (χ2v) is 7.78. The number of thiazole rings is 1. The highest BCUT2D eigenvalue weighted by atomic mass is 32.1. The van der Waals surface area contributed by atoms with E-state index in [9.17, 15) is 4.79 Å². The van der Waals surface area contributed by atoms with E-state index < -0.39 is 0 Å². The number of hydrogen-bond donors (Lipinski definition) is 1. The summed E-state index contributed by atoms with van der Waals surface area (Å²) in [4.78, 5) is 18.1. The van der Waals surface area contributed by atoms with Crippen LogP contribution < -0.4 is 5.32 Å². The summed E-state index contributed by atoms with van der Waals surface area (Å²) in [6.07, 6.45) is 4.30. The summed E-state index contributed by atoms with van der Waals surface area (Å²) in [5, 5.41) is 2.98. The van der Waals surface area contributed by atoms with Gasteiger partial charge in [-0.1, -0.05) is 41.7 Å². The highest BCUT2D eigenvalue weighted by molar-refractivity contribution is 7.23. The van der Waals surface area contributed by atoms with Gasteiger partial charge in [0.2, 0.25) is 0 Å². The number of rotatable bonds is 4. The molecule has 136 valence electrons. The van der Waals surface area contributed by atoms with E-state index in [2.05, 4.69) is 28.0 Å². The summed E-state index contributed by atoms with van der Waals surface area (Å²) < 4.78 is 8.71. The van der Waals surface area contributed by atoms with E-state index >= 15 is 0 Å².